The summed E-state index contributed by atoms with van der Waals surface area (Å²) in [5.41, 5.74) is 3.18. The highest BCUT2D eigenvalue weighted by molar-refractivity contribution is 5.25. The summed E-state index contributed by atoms with van der Waals surface area (Å²) in [6, 6.07) is 0. The second-order valence-electron chi connectivity index (χ2n) is 10.2. The molecule has 266 valence electrons. The molecule has 1 rings (SSSR count). The van der Waals surface area contributed by atoms with Crippen LogP contribution in [-0.4, -0.2) is 49.8 Å². The molecule has 0 radical (unpaired) electrons. The van der Waals surface area contributed by atoms with Gasteiger partial charge in [0.2, 0.25) is 0 Å². The molecule has 1 aliphatic heterocycles. The molecule has 4 nitrogen and oxygen atoms in total. The van der Waals surface area contributed by atoms with E-state index in [9.17, 15) is 0 Å². The van der Waals surface area contributed by atoms with Crippen molar-refractivity contribution in [2.45, 2.75) is 121 Å². The second kappa shape index (κ2) is 54.1. The lowest BCUT2D eigenvalue weighted by Gasteiger charge is -2.31. The number of piperidine rings is 1. The number of aliphatic hydroxyl groups is 1. The molecule has 0 aliphatic carbocycles. The number of hydrogen-bond donors (Lipinski definition) is 3. The van der Waals surface area contributed by atoms with Crippen LogP contribution >= 0.6 is 0 Å². The van der Waals surface area contributed by atoms with Crippen LogP contribution in [0.2, 0.25) is 0 Å². The predicted molar refractivity (Wildman–Crippen MR) is 213 cm³/mol. The number of nitrogens with zero attached hydrogens (tertiary/aromatic N) is 1. The molecule has 1 saturated heterocycles. The van der Waals surface area contributed by atoms with Crippen molar-refractivity contribution >= 4 is 0 Å². The summed E-state index contributed by atoms with van der Waals surface area (Å²) < 4.78 is 0. The van der Waals surface area contributed by atoms with Crippen molar-refractivity contribution < 1.29 is 5.11 Å². The maximum Gasteiger partial charge on any atom is 0.0375 e. The highest BCUT2D eigenvalue weighted by Crippen LogP contribution is 2.19. The van der Waals surface area contributed by atoms with Crippen molar-refractivity contribution in [3.63, 3.8) is 0 Å². The van der Waals surface area contributed by atoms with Crippen LogP contribution in [0, 0.1) is 5.92 Å². The largest absolute Gasteiger partial charge is 0.400 e. The Morgan fingerprint density at radius 3 is 1.64 bits per heavy atom. The fourth-order valence-electron chi connectivity index (χ4n) is 3.48. The van der Waals surface area contributed by atoms with Crippen molar-refractivity contribution in [1.82, 2.24) is 15.5 Å². The van der Waals surface area contributed by atoms with Gasteiger partial charge in [-0.15, -0.1) is 0 Å². The van der Waals surface area contributed by atoms with E-state index in [1.807, 2.05) is 65.0 Å². The first-order chi connectivity index (χ1) is 21.7. The maximum absolute atomic E-state index is 7.00. The first kappa shape index (κ1) is 55.0. The molecule has 0 amide bonds. The van der Waals surface area contributed by atoms with Gasteiger partial charge in [0.05, 0.1) is 0 Å². The Hall–Kier alpha value is -2.40. The van der Waals surface area contributed by atoms with Gasteiger partial charge in [0.25, 0.3) is 0 Å². The van der Waals surface area contributed by atoms with Crippen LogP contribution in [0.4, 0.5) is 0 Å². The molecule has 0 bridgehead atoms. The van der Waals surface area contributed by atoms with Gasteiger partial charge < -0.3 is 20.6 Å². The minimum Gasteiger partial charge on any atom is -0.400 e. The number of rotatable bonds is 14. The normalized spacial score (nSPS) is 13.0. The van der Waals surface area contributed by atoms with Crippen LogP contribution in [-0.2, 0) is 0 Å². The van der Waals surface area contributed by atoms with E-state index in [4.69, 9.17) is 5.11 Å². The van der Waals surface area contributed by atoms with E-state index in [0.717, 1.165) is 30.0 Å². The monoisotopic (exact) mass is 632 g/mol. The van der Waals surface area contributed by atoms with Crippen LogP contribution in [0.25, 0.3) is 0 Å². The zero-order chi connectivity index (χ0) is 36.2. The molecule has 0 atom stereocenters. The Bertz CT molecular complexity index is 704. The molecular weight excluding hydrogens is 550 g/mol. The highest BCUT2D eigenvalue weighted by Gasteiger charge is 2.17. The Morgan fingerprint density at radius 2 is 1.29 bits per heavy atom. The number of nitrogens with one attached hydrogen (secondary N) is 2. The first-order valence-corrected chi connectivity index (χ1v) is 17.6. The molecule has 1 fully saturated rings. The SMILES string of the molecule is C=C/C=C(/C)C=C.C=C/C=C(\C)N/C(C=C)=C/C=C\C.CC.CCC.CCC.CCCNCCC1CCN(CCC)CC1.CO. The van der Waals surface area contributed by atoms with E-state index in [0.29, 0.717) is 0 Å². The van der Waals surface area contributed by atoms with Gasteiger partial charge in [0, 0.05) is 18.5 Å². The molecule has 3 N–H and O–H groups in total. The summed E-state index contributed by atoms with van der Waals surface area (Å²) in [5.74, 6) is 0.988. The van der Waals surface area contributed by atoms with Gasteiger partial charge >= 0.3 is 0 Å². The molecule has 45 heavy (non-hydrogen) atoms. The lowest BCUT2D eigenvalue weighted by Crippen LogP contribution is -2.35. The molecule has 0 aromatic heterocycles. The zero-order valence-electron chi connectivity index (χ0n) is 32.5. The molecule has 0 unspecified atom stereocenters. The van der Waals surface area contributed by atoms with Gasteiger partial charge in [-0.2, -0.15) is 0 Å². The van der Waals surface area contributed by atoms with Gasteiger partial charge in [0.15, 0.2) is 0 Å². The summed E-state index contributed by atoms with van der Waals surface area (Å²) in [6.07, 6.45) is 26.1. The molecule has 0 aromatic carbocycles. The van der Waals surface area contributed by atoms with Crippen LogP contribution in [0.1, 0.15) is 121 Å². The molecule has 0 spiro atoms. The van der Waals surface area contributed by atoms with E-state index in [1.165, 1.54) is 77.7 Å². The Labute approximate surface area is 285 Å². The average molecular weight is 632 g/mol. The number of aliphatic hydroxyl groups excluding tert-OH is 1. The van der Waals surface area contributed by atoms with Gasteiger partial charge in [-0.3, -0.25) is 0 Å². The third-order valence-corrected chi connectivity index (χ3v) is 5.50. The van der Waals surface area contributed by atoms with Crippen molar-refractivity contribution in [2.24, 2.45) is 5.92 Å². The molecular formula is C41H81N3O. The quantitative estimate of drug-likeness (QED) is 0.132. The van der Waals surface area contributed by atoms with E-state index in [2.05, 4.69) is 83.4 Å². The average Bonchev–Trinajstić information content (AvgIpc) is 3.06. The van der Waals surface area contributed by atoms with Crippen molar-refractivity contribution in [3.05, 3.63) is 98.0 Å². The van der Waals surface area contributed by atoms with Crippen molar-refractivity contribution in [1.29, 1.82) is 0 Å². The fraction of sp³-hybridized carbons (Fsp3) is 0.610. The molecule has 1 heterocycles. The van der Waals surface area contributed by atoms with Crippen LogP contribution in [0.5, 0.6) is 0 Å². The first-order valence-electron chi connectivity index (χ1n) is 17.6. The van der Waals surface area contributed by atoms with Gasteiger partial charge in [-0.25, -0.2) is 0 Å². The number of allylic oxidation sites excluding steroid dienone is 11. The molecule has 0 aromatic rings. The van der Waals surface area contributed by atoms with E-state index < -0.39 is 0 Å². The van der Waals surface area contributed by atoms with Gasteiger partial charge in [0.1, 0.15) is 0 Å². The minimum absolute atomic E-state index is 0.980. The molecule has 1 aliphatic rings. The minimum atomic E-state index is 0.980. The van der Waals surface area contributed by atoms with Crippen LogP contribution in [0.15, 0.2) is 98.0 Å². The second-order valence-corrected chi connectivity index (χ2v) is 10.2. The van der Waals surface area contributed by atoms with Crippen molar-refractivity contribution in [2.75, 3.05) is 39.8 Å². The van der Waals surface area contributed by atoms with Crippen LogP contribution < -0.4 is 10.6 Å². The van der Waals surface area contributed by atoms with E-state index in [1.54, 1.807) is 24.3 Å². The standard InChI is InChI=1S/C13H28N2.C12H17N.C7H10.2C3H8.C2H6.CH4O/c1-3-8-14-9-5-13-6-11-15(10-4-2)12-7-13;1-5-8-10-12(7-3)13-11(4)9-6-2;1-4-6-7(3)5-2;2*1-3-2;2*1-2/h13-14H,3-12H2,1-2H3;5-10,13H,2-3H2,1,4H3;4-6H,1-2H2,3H3;2*3H2,1-2H3;1-2H3;2H,1H3/b;8-5-,11-9+,12-10+;7-6-;;;;. The number of hydrogen-bond acceptors (Lipinski definition) is 4. The summed E-state index contributed by atoms with van der Waals surface area (Å²) in [5, 5.41) is 13.7. The summed E-state index contributed by atoms with van der Waals surface area (Å²) in [6.45, 7) is 43.8. The Kier molecular flexibility index (Phi) is 66.2. The lowest BCUT2D eigenvalue weighted by molar-refractivity contribution is 0.179. The van der Waals surface area contributed by atoms with E-state index >= 15 is 0 Å². The van der Waals surface area contributed by atoms with Gasteiger partial charge in [-0.05, 0) is 110 Å². The number of likely N-dealkylation sites (tertiary alicyclic amines) is 1. The molecule has 0 saturated carbocycles. The predicted octanol–water partition coefficient (Wildman–Crippen LogP) is 11.6. The molecule has 4 heteroatoms. The Balaban J connectivity index is -0.000000115. The summed E-state index contributed by atoms with van der Waals surface area (Å²) >= 11 is 0. The Morgan fingerprint density at radius 1 is 0.778 bits per heavy atom. The van der Waals surface area contributed by atoms with Gasteiger partial charge in [-0.1, -0.05) is 137 Å². The maximum atomic E-state index is 7.00. The topological polar surface area (TPSA) is 47.5 Å². The van der Waals surface area contributed by atoms with E-state index in [-0.39, 0.29) is 0 Å². The highest BCUT2D eigenvalue weighted by atomic mass is 16.2. The third kappa shape index (κ3) is 54.5. The zero-order valence-corrected chi connectivity index (χ0v) is 32.5. The summed E-state index contributed by atoms with van der Waals surface area (Å²) in [7, 11) is 1.00. The van der Waals surface area contributed by atoms with Crippen LogP contribution in [0.3, 0.4) is 0 Å². The smallest absolute Gasteiger partial charge is 0.0375 e. The van der Waals surface area contributed by atoms with Crippen molar-refractivity contribution in [3.8, 4) is 0 Å². The lowest BCUT2D eigenvalue weighted by atomic mass is 9.93. The summed E-state index contributed by atoms with van der Waals surface area (Å²) in [4.78, 5) is 2.62. The fourth-order valence-corrected chi connectivity index (χ4v) is 3.48. The third-order valence-electron chi connectivity index (χ3n) is 5.50.